The van der Waals surface area contributed by atoms with Crippen LogP contribution in [0.25, 0.3) is 0 Å². The fourth-order valence-electron chi connectivity index (χ4n) is 11.3. The highest BCUT2D eigenvalue weighted by Crippen LogP contribution is 2.75. The molecule has 0 spiro atoms. The Bertz CT molecular complexity index is 1350. The molecule has 1 aromatic carbocycles. The van der Waals surface area contributed by atoms with Crippen molar-refractivity contribution in [3.63, 3.8) is 0 Å². The zero-order valence-corrected chi connectivity index (χ0v) is 26.9. The quantitative estimate of drug-likeness (QED) is 0.223. The summed E-state index contributed by atoms with van der Waals surface area (Å²) in [7, 11) is 0. The van der Waals surface area contributed by atoms with E-state index in [4.69, 9.17) is 4.74 Å². The summed E-state index contributed by atoms with van der Waals surface area (Å²) in [4.78, 5) is 28.2. The Morgan fingerprint density at radius 1 is 0.952 bits per heavy atom. The van der Waals surface area contributed by atoms with E-state index in [2.05, 4.69) is 59.7 Å². The molecule has 228 valence electrons. The number of carbonyl (C=O) groups is 2. The van der Waals surface area contributed by atoms with Crippen LogP contribution >= 0.6 is 0 Å². The summed E-state index contributed by atoms with van der Waals surface area (Å²) in [5, 5.41) is 13.6. The number of ketones is 1. The van der Waals surface area contributed by atoms with Crippen LogP contribution in [0.3, 0.4) is 0 Å². The fraction of sp³-hybridized carbons (Fsp3) is 0.703. The molecule has 4 saturated carbocycles. The van der Waals surface area contributed by atoms with Gasteiger partial charge in [-0.05, 0) is 110 Å². The second kappa shape index (κ2) is 9.53. The molecule has 1 N–H and O–H groups in total. The van der Waals surface area contributed by atoms with Gasteiger partial charge in [-0.25, -0.2) is 0 Å². The summed E-state index contributed by atoms with van der Waals surface area (Å²) in [5.74, 6) is 0.637. The molecule has 4 fully saturated rings. The molecule has 0 saturated heterocycles. The lowest BCUT2D eigenvalue weighted by Gasteiger charge is -2.70. The second-order valence-corrected chi connectivity index (χ2v) is 16.6. The summed E-state index contributed by atoms with van der Waals surface area (Å²) < 4.78 is 5.93. The predicted octanol–water partition coefficient (Wildman–Crippen LogP) is 8.54. The van der Waals surface area contributed by atoms with Crippen molar-refractivity contribution in [2.24, 2.45) is 55.4 Å². The van der Waals surface area contributed by atoms with Crippen LogP contribution in [0.4, 0.5) is 0 Å². The van der Waals surface area contributed by atoms with E-state index in [1.54, 1.807) is 0 Å². The van der Waals surface area contributed by atoms with E-state index >= 15 is 0 Å². The average molecular weight is 574 g/mol. The number of allylic oxidation sites excluding steroid dienone is 2. The fourth-order valence-corrected chi connectivity index (χ4v) is 11.3. The molecule has 6 rings (SSSR count). The van der Waals surface area contributed by atoms with Gasteiger partial charge in [0.1, 0.15) is 6.61 Å². The Labute approximate surface area is 252 Å². The Kier molecular flexibility index (Phi) is 6.73. The van der Waals surface area contributed by atoms with Crippen LogP contribution in [0, 0.1) is 50.2 Å². The Morgan fingerprint density at radius 3 is 2.33 bits per heavy atom. The summed E-state index contributed by atoms with van der Waals surface area (Å²) in [6.07, 6.45) is 10.5. The first-order chi connectivity index (χ1) is 19.6. The molecular formula is C37H51NO4. The minimum Gasteiger partial charge on any atom is -0.460 e. The summed E-state index contributed by atoms with van der Waals surface area (Å²) >= 11 is 0. The maximum Gasteiger partial charge on any atom is 0.312 e. The number of hydrogen-bond donors (Lipinski definition) is 1. The van der Waals surface area contributed by atoms with E-state index in [-0.39, 0.29) is 44.9 Å². The van der Waals surface area contributed by atoms with Crippen molar-refractivity contribution in [3.05, 3.63) is 47.5 Å². The van der Waals surface area contributed by atoms with Crippen LogP contribution in [0.15, 0.2) is 47.1 Å². The van der Waals surface area contributed by atoms with Gasteiger partial charge in [0.15, 0.2) is 5.78 Å². The number of fused-ring (bicyclic) bond motifs is 7. The lowest BCUT2D eigenvalue weighted by atomic mass is 9.33. The zero-order chi connectivity index (χ0) is 30.3. The standard InChI is InChI=1S/C37H51NO4/c1-32(2)28-13-16-37(7)30(35(28,5)15-14-29(32)38-41)27(39)21-25-26-22-34(4,18-17-33(26,3)19-20-36(25,37)6)31(40)42-23-24-11-9-8-10-12-24/h8-12,21,26,28,30,41H,13-20,22-23H2,1-7H3/b38-29-/t26?,28?,30?,33-,34+,35+,36-,37-/m1/s1. The lowest BCUT2D eigenvalue weighted by Crippen LogP contribution is -2.66. The molecule has 5 heteroatoms. The van der Waals surface area contributed by atoms with E-state index in [0.29, 0.717) is 18.3 Å². The first-order valence-electron chi connectivity index (χ1n) is 16.3. The smallest absolute Gasteiger partial charge is 0.312 e. The monoisotopic (exact) mass is 573 g/mol. The van der Waals surface area contributed by atoms with Gasteiger partial charge in [-0.15, -0.1) is 0 Å². The molecule has 0 amide bonds. The molecule has 8 atom stereocenters. The highest BCUT2D eigenvalue weighted by Gasteiger charge is 2.70. The third kappa shape index (κ3) is 3.97. The average Bonchev–Trinajstić information content (AvgIpc) is 2.94. The van der Waals surface area contributed by atoms with Crippen molar-refractivity contribution in [1.82, 2.24) is 0 Å². The summed E-state index contributed by atoms with van der Waals surface area (Å²) in [6, 6.07) is 9.91. The highest BCUT2D eigenvalue weighted by molar-refractivity contribution is 5.97. The van der Waals surface area contributed by atoms with E-state index in [9.17, 15) is 14.8 Å². The van der Waals surface area contributed by atoms with Crippen molar-refractivity contribution in [2.75, 3.05) is 0 Å². The van der Waals surface area contributed by atoms with Gasteiger partial charge in [-0.1, -0.05) is 82.6 Å². The first kappa shape index (κ1) is 29.6. The predicted molar refractivity (Wildman–Crippen MR) is 165 cm³/mol. The van der Waals surface area contributed by atoms with Gasteiger partial charge in [0.2, 0.25) is 0 Å². The van der Waals surface area contributed by atoms with Crippen LogP contribution in [0.5, 0.6) is 0 Å². The van der Waals surface area contributed by atoms with E-state index in [1.165, 1.54) is 5.57 Å². The van der Waals surface area contributed by atoms with Crippen LogP contribution < -0.4 is 0 Å². The number of rotatable bonds is 3. The number of hydrogen-bond acceptors (Lipinski definition) is 5. The summed E-state index contributed by atoms with van der Waals surface area (Å²) in [5.41, 5.74) is 2.13. The number of ether oxygens (including phenoxy) is 1. The topological polar surface area (TPSA) is 76.0 Å². The molecule has 5 aliphatic rings. The molecule has 0 bridgehead atoms. The Hall–Kier alpha value is -2.43. The van der Waals surface area contributed by atoms with Crippen LogP contribution in [-0.4, -0.2) is 22.7 Å². The van der Waals surface area contributed by atoms with E-state index < -0.39 is 5.41 Å². The molecule has 0 heterocycles. The van der Waals surface area contributed by atoms with Gasteiger partial charge >= 0.3 is 5.97 Å². The third-order valence-electron chi connectivity index (χ3n) is 14.2. The van der Waals surface area contributed by atoms with Gasteiger partial charge in [0.25, 0.3) is 0 Å². The van der Waals surface area contributed by atoms with Crippen molar-refractivity contribution in [1.29, 1.82) is 0 Å². The van der Waals surface area contributed by atoms with Gasteiger partial charge < -0.3 is 9.94 Å². The third-order valence-corrected chi connectivity index (χ3v) is 14.2. The number of carbonyl (C=O) groups excluding carboxylic acids is 2. The van der Waals surface area contributed by atoms with Crippen LogP contribution in [0.1, 0.15) is 112 Å². The molecule has 1 aromatic rings. The molecular weight excluding hydrogens is 522 g/mol. The number of esters is 1. The molecule has 0 aliphatic heterocycles. The molecule has 0 aromatic heterocycles. The van der Waals surface area contributed by atoms with Crippen molar-refractivity contribution >= 4 is 17.5 Å². The molecule has 3 unspecified atom stereocenters. The van der Waals surface area contributed by atoms with Crippen molar-refractivity contribution < 1.29 is 19.5 Å². The highest BCUT2D eigenvalue weighted by atomic mass is 16.5. The van der Waals surface area contributed by atoms with E-state index in [0.717, 1.165) is 69.1 Å². The first-order valence-corrected chi connectivity index (χ1v) is 16.3. The van der Waals surface area contributed by atoms with Crippen molar-refractivity contribution in [3.8, 4) is 0 Å². The molecule has 42 heavy (non-hydrogen) atoms. The number of benzene rings is 1. The maximum absolute atomic E-state index is 14.5. The van der Waals surface area contributed by atoms with Gasteiger partial charge in [-0.3, -0.25) is 9.59 Å². The van der Waals surface area contributed by atoms with Gasteiger partial charge in [0, 0.05) is 11.3 Å². The second-order valence-electron chi connectivity index (χ2n) is 16.6. The minimum atomic E-state index is -0.560. The molecule has 5 aliphatic carbocycles. The van der Waals surface area contributed by atoms with Crippen LogP contribution in [0.2, 0.25) is 0 Å². The Balaban J connectivity index is 1.34. The SMILES string of the molecule is CC1(C)/C(=N\O)CC[C@@]2(C)C1CC[C@]1(C)C2C(=O)C=C2C3C[C@@](C)(C(=O)OCc4ccccc4)CC[C@]3(C)CC[C@]21C. The Morgan fingerprint density at radius 2 is 1.64 bits per heavy atom. The molecule has 0 radical (unpaired) electrons. The molecule has 5 nitrogen and oxygen atoms in total. The zero-order valence-electron chi connectivity index (χ0n) is 26.9. The minimum absolute atomic E-state index is 0.0489. The lowest BCUT2D eigenvalue weighted by molar-refractivity contribution is -0.177. The van der Waals surface area contributed by atoms with Crippen molar-refractivity contribution in [2.45, 2.75) is 113 Å². The normalized spacial score (nSPS) is 45.1. The summed E-state index contributed by atoms with van der Waals surface area (Å²) in [6.45, 7) is 16.5. The van der Waals surface area contributed by atoms with Gasteiger partial charge in [0.05, 0.1) is 11.1 Å². The maximum atomic E-state index is 14.5. The number of oxime groups is 1. The van der Waals surface area contributed by atoms with E-state index in [1.807, 2.05) is 30.3 Å². The van der Waals surface area contributed by atoms with Gasteiger partial charge in [-0.2, -0.15) is 0 Å². The number of nitrogens with zero attached hydrogens (tertiary/aromatic N) is 1. The largest absolute Gasteiger partial charge is 0.460 e. The van der Waals surface area contributed by atoms with Crippen LogP contribution in [-0.2, 0) is 20.9 Å².